The lowest BCUT2D eigenvalue weighted by Crippen LogP contribution is -2.27. The van der Waals surface area contributed by atoms with Gasteiger partial charge in [-0.15, -0.1) is 0 Å². The number of aliphatic hydroxyl groups excluding tert-OH is 1. The normalized spacial score (nSPS) is 13.2. The Morgan fingerprint density at radius 1 is 1.27 bits per heavy atom. The van der Waals surface area contributed by atoms with Gasteiger partial charge in [-0.3, -0.25) is 0 Å². The molecule has 4 heteroatoms. The van der Waals surface area contributed by atoms with Crippen molar-refractivity contribution in [3.05, 3.63) is 33.8 Å². The van der Waals surface area contributed by atoms with Gasteiger partial charge in [-0.2, -0.15) is 0 Å². The Bertz CT molecular complexity index is 328. The molecule has 0 radical (unpaired) electrons. The zero-order valence-corrected chi connectivity index (χ0v) is 10.3. The first-order chi connectivity index (χ1) is 7.00. The van der Waals surface area contributed by atoms with E-state index in [1.54, 1.807) is 18.2 Å². The van der Waals surface area contributed by atoms with E-state index in [-0.39, 0.29) is 0 Å². The second kappa shape index (κ2) is 5.71. The fourth-order valence-corrected chi connectivity index (χ4v) is 1.49. The van der Waals surface area contributed by atoms with Crippen molar-refractivity contribution in [2.75, 3.05) is 6.54 Å². The van der Waals surface area contributed by atoms with Crippen molar-refractivity contribution in [2.45, 2.75) is 26.0 Å². The number of hydrogen-bond donors (Lipinski definition) is 2. The van der Waals surface area contributed by atoms with Crippen LogP contribution in [0.5, 0.6) is 0 Å². The SMILES string of the molecule is CC(C)NC[C@@H](O)c1ccc(Cl)c(Cl)c1. The minimum absolute atomic E-state index is 0.349. The van der Waals surface area contributed by atoms with Crippen molar-refractivity contribution >= 4 is 23.2 Å². The molecule has 0 aliphatic rings. The first-order valence-corrected chi connectivity index (χ1v) is 5.62. The van der Waals surface area contributed by atoms with Gasteiger partial charge in [0.2, 0.25) is 0 Å². The van der Waals surface area contributed by atoms with Gasteiger partial charge in [-0.05, 0) is 17.7 Å². The number of nitrogens with one attached hydrogen (secondary N) is 1. The fourth-order valence-electron chi connectivity index (χ4n) is 1.18. The largest absolute Gasteiger partial charge is 0.387 e. The van der Waals surface area contributed by atoms with Crippen molar-refractivity contribution in [3.8, 4) is 0 Å². The molecule has 1 rings (SSSR count). The quantitative estimate of drug-likeness (QED) is 0.858. The third-order valence-corrected chi connectivity index (χ3v) is 2.79. The highest BCUT2D eigenvalue weighted by Gasteiger charge is 2.09. The minimum Gasteiger partial charge on any atom is -0.387 e. The van der Waals surface area contributed by atoms with Crippen molar-refractivity contribution in [1.82, 2.24) is 5.32 Å². The maximum Gasteiger partial charge on any atom is 0.0915 e. The molecule has 84 valence electrons. The van der Waals surface area contributed by atoms with Gasteiger partial charge in [0.1, 0.15) is 0 Å². The van der Waals surface area contributed by atoms with E-state index in [4.69, 9.17) is 23.2 Å². The van der Waals surface area contributed by atoms with Crippen molar-refractivity contribution in [2.24, 2.45) is 0 Å². The monoisotopic (exact) mass is 247 g/mol. The molecule has 0 heterocycles. The number of hydrogen-bond acceptors (Lipinski definition) is 2. The Morgan fingerprint density at radius 2 is 1.93 bits per heavy atom. The van der Waals surface area contributed by atoms with Crippen LogP contribution in [0.25, 0.3) is 0 Å². The molecule has 0 amide bonds. The van der Waals surface area contributed by atoms with Crippen LogP contribution in [0.4, 0.5) is 0 Å². The van der Waals surface area contributed by atoms with Crippen LogP contribution in [0, 0.1) is 0 Å². The maximum atomic E-state index is 9.82. The lowest BCUT2D eigenvalue weighted by Gasteiger charge is -2.14. The lowest BCUT2D eigenvalue weighted by molar-refractivity contribution is 0.171. The van der Waals surface area contributed by atoms with Crippen LogP contribution in [-0.2, 0) is 0 Å². The lowest BCUT2D eigenvalue weighted by atomic mass is 10.1. The van der Waals surface area contributed by atoms with Crippen molar-refractivity contribution < 1.29 is 5.11 Å². The summed E-state index contributed by atoms with van der Waals surface area (Å²) in [5.41, 5.74) is 0.776. The fraction of sp³-hybridized carbons (Fsp3) is 0.455. The summed E-state index contributed by atoms with van der Waals surface area (Å²) in [5.74, 6) is 0. The topological polar surface area (TPSA) is 32.3 Å². The smallest absolute Gasteiger partial charge is 0.0915 e. The highest BCUT2D eigenvalue weighted by molar-refractivity contribution is 6.42. The molecule has 0 saturated heterocycles. The van der Waals surface area contributed by atoms with Crippen LogP contribution in [0.15, 0.2) is 18.2 Å². The van der Waals surface area contributed by atoms with Gasteiger partial charge in [0, 0.05) is 12.6 Å². The zero-order valence-electron chi connectivity index (χ0n) is 8.80. The molecule has 1 atom stereocenters. The van der Waals surface area contributed by atoms with E-state index in [0.717, 1.165) is 5.56 Å². The Balaban J connectivity index is 2.65. The van der Waals surface area contributed by atoms with E-state index in [1.165, 1.54) is 0 Å². The molecule has 1 aromatic carbocycles. The third-order valence-electron chi connectivity index (χ3n) is 2.05. The van der Waals surface area contributed by atoms with E-state index >= 15 is 0 Å². The standard InChI is InChI=1S/C11H15Cl2NO/c1-7(2)14-6-11(15)8-3-4-9(12)10(13)5-8/h3-5,7,11,14-15H,6H2,1-2H3/t11-/m1/s1. The molecule has 0 aliphatic carbocycles. The molecular formula is C11H15Cl2NO. The highest BCUT2D eigenvalue weighted by Crippen LogP contribution is 2.25. The van der Waals surface area contributed by atoms with Gasteiger partial charge < -0.3 is 10.4 Å². The van der Waals surface area contributed by atoms with Gasteiger partial charge in [-0.1, -0.05) is 43.1 Å². The average molecular weight is 248 g/mol. The van der Waals surface area contributed by atoms with Gasteiger partial charge in [-0.25, -0.2) is 0 Å². The van der Waals surface area contributed by atoms with Crippen LogP contribution in [0.3, 0.4) is 0 Å². The average Bonchev–Trinajstić information content (AvgIpc) is 2.18. The molecule has 2 nitrogen and oxygen atoms in total. The maximum absolute atomic E-state index is 9.82. The highest BCUT2D eigenvalue weighted by atomic mass is 35.5. The van der Waals surface area contributed by atoms with Crippen molar-refractivity contribution in [3.63, 3.8) is 0 Å². The second-order valence-electron chi connectivity index (χ2n) is 3.75. The molecule has 1 aromatic rings. The molecule has 0 bridgehead atoms. The van der Waals surface area contributed by atoms with Crippen LogP contribution < -0.4 is 5.32 Å². The molecule has 2 N–H and O–H groups in total. The molecule has 15 heavy (non-hydrogen) atoms. The van der Waals surface area contributed by atoms with E-state index < -0.39 is 6.10 Å². The minimum atomic E-state index is -0.554. The van der Waals surface area contributed by atoms with E-state index in [0.29, 0.717) is 22.6 Å². The van der Waals surface area contributed by atoms with Crippen LogP contribution >= 0.6 is 23.2 Å². The predicted octanol–water partition coefficient (Wildman–Crippen LogP) is 3.02. The molecule has 0 unspecified atom stereocenters. The summed E-state index contributed by atoms with van der Waals surface area (Å²) in [5, 5.41) is 13.9. The first-order valence-electron chi connectivity index (χ1n) is 4.87. The molecular weight excluding hydrogens is 233 g/mol. The predicted molar refractivity (Wildman–Crippen MR) is 64.6 cm³/mol. The molecule has 0 saturated carbocycles. The van der Waals surface area contributed by atoms with Crippen LogP contribution in [0.1, 0.15) is 25.5 Å². The van der Waals surface area contributed by atoms with Gasteiger partial charge in [0.15, 0.2) is 0 Å². The van der Waals surface area contributed by atoms with E-state index in [2.05, 4.69) is 5.32 Å². The number of benzene rings is 1. The van der Waals surface area contributed by atoms with Crippen LogP contribution in [-0.4, -0.2) is 17.7 Å². The number of rotatable bonds is 4. The number of aliphatic hydroxyl groups is 1. The van der Waals surface area contributed by atoms with Gasteiger partial charge in [0.25, 0.3) is 0 Å². The summed E-state index contributed by atoms with van der Waals surface area (Å²) in [4.78, 5) is 0. The van der Waals surface area contributed by atoms with E-state index in [1.807, 2.05) is 13.8 Å². The summed E-state index contributed by atoms with van der Waals surface area (Å²) in [6.07, 6.45) is -0.554. The van der Waals surface area contributed by atoms with Gasteiger partial charge in [0.05, 0.1) is 16.1 Å². The molecule has 0 fully saturated rings. The van der Waals surface area contributed by atoms with E-state index in [9.17, 15) is 5.11 Å². The summed E-state index contributed by atoms with van der Waals surface area (Å²) in [6.45, 7) is 4.57. The zero-order chi connectivity index (χ0) is 11.4. The Hall–Kier alpha value is -0.280. The summed E-state index contributed by atoms with van der Waals surface area (Å²) < 4.78 is 0. The summed E-state index contributed by atoms with van der Waals surface area (Å²) >= 11 is 11.6. The Labute approximate surface area is 100 Å². The summed E-state index contributed by atoms with van der Waals surface area (Å²) in [6, 6.07) is 5.51. The van der Waals surface area contributed by atoms with Gasteiger partial charge >= 0.3 is 0 Å². The first kappa shape index (κ1) is 12.8. The second-order valence-corrected chi connectivity index (χ2v) is 4.57. The molecule has 0 aliphatic heterocycles. The molecule has 0 spiro atoms. The Kier molecular flexibility index (Phi) is 4.87. The molecule has 0 aromatic heterocycles. The van der Waals surface area contributed by atoms with Crippen molar-refractivity contribution in [1.29, 1.82) is 0 Å². The summed E-state index contributed by atoms with van der Waals surface area (Å²) in [7, 11) is 0. The Morgan fingerprint density at radius 3 is 2.47 bits per heavy atom. The van der Waals surface area contributed by atoms with Crippen LogP contribution in [0.2, 0.25) is 10.0 Å². The number of halogens is 2. The third kappa shape index (κ3) is 3.99.